The van der Waals surface area contributed by atoms with Gasteiger partial charge in [-0.15, -0.1) is 0 Å². The molecule has 0 aliphatic carbocycles. The molecule has 0 atom stereocenters. The number of aromatic nitrogens is 5. The SMILES string of the molecule is Cc1cc2ncn(Cc3ncnn3C(C)C)c2cc1C. The van der Waals surface area contributed by atoms with Gasteiger partial charge in [0.2, 0.25) is 0 Å². The van der Waals surface area contributed by atoms with Crippen molar-refractivity contribution in [3.63, 3.8) is 0 Å². The topological polar surface area (TPSA) is 48.5 Å². The molecular weight excluding hydrogens is 250 g/mol. The highest BCUT2D eigenvalue weighted by Crippen LogP contribution is 2.19. The molecule has 0 N–H and O–H groups in total. The zero-order valence-electron chi connectivity index (χ0n) is 12.3. The maximum atomic E-state index is 4.48. The Hall–Kier alpha value is -2.17. The summed E-state index contributed by atoms with van der Waals surface area (Å²) >= 11 is 0. The first kappa shape index (κ1) is 12.8. The summed E-state index contributed by atoms with van der Waals surface area (Å²) in [5, 5.41) is 4.28. The highest BCUT2D eigenvalue weighted by molar-refractivity contribution is 5.77. The van der Waals surface area contributed by atoms with Crippen LogP contribution in [0.2, 0.25) is 0 Å². The van der Waals surface area contributed by atoms with Crippen LogP contribution in [-0.4, -0.2) is 24.3 Å². The van der Waals surface area contributed by atoms with Gasteiger partial charge < -0.3 is 4.57 Å². The average Bonchev–Trinajstić information content (AvgIpc) is 2.99. The Morgan fingerprint density at radius 2 is 1.85 bits per heavy atom. The van der Waals surface area contributed by atoms with Crippen LogP contribution >= 0.6 is 0 Å². The van der Waals surface area contributed by atoms with Crippen molar-refractivity contribution in [2.75, 3.05) is 0 Å². The smallest absolute Gasteiger partial charge is 0.147 e. The molecule has 5 nitrogen and oxygen atoms in total. The fraction of sp³-hybridized carbons (Fsp3) is 0.400. The minimum absolute atomic E-state index is 0.311. The average molecular weight is 269 g/mol. The van der Waals surface area contributed by atoms with Crippen LogP contribution in [0.5, 0.6) is 0 Å². The normalized spacial score (nSPS) is 11.7. The summed E-state index contributed by atoms with van der Waals surface area (Å²) in [4.78, 5) is 8.84. The number of nitrogens with zero attached hydrogens (tertiary/aromatic N) is 5. The minimum atomic E-state index is 0.311. The molecule has 0 saturated heterocycles. The van der Waals surface area contributed by atoms with Crippen LogP contribution in [0.4, 0.5) is 0 Å². The Bertz CT molecular complexity index is 751. The second kappa shape index (κ2) is 4.74. The highest BCUT2D eigenvalue weighted by Gasteiger charge is 2.11. The summed E-state index contributed by atoms with van der Waals surface area (Å²) in [6.45, 7) is 9.15. The Kier molecular flexibility index (Phi) is 3.04. The van der Waals surface area contributed by atoms with Crippen molar-refractivity contribution >= 4 is 11.0 Å². The van der Waals surface area contributed by atoms with Crippen molar-refractivity contribution in [2.45, 2.75) is 40.3 Å². The molecule has 2 aromatic heterocycles. The van der Waals surface area contributed by atoms with Crippen molar-refractivity contribution in [1.82, 2.24) is 24.3 Å². The summed E-state index contributed by atoms with van der Waals surface area (Å²) in [5.74, 6) is 0.956. The number of imidazole rings is 1. The summed E-state index contributed by atoms with van der Waals surface area (Å²) < 4.78 is 4.08. The predicted molar refractivity (Wildman–Crippen MR) is 78.7 cm³/mol. The van der Waals surface area contributed by atoms with Gasteiger partial charge in [-0.05, 0) is 51.0 Å². The van der Waals surface area contributed by atoms with E-state index in [9.17, 15) is 0 Å². The monoisotopic (exact) mass is 269 g/mol. The van der Waals surface area contributed by atoms with Crippen molar-refractivity contribution in [1.29, 1.82) is 0 Å². The Labute approximate surface area is 118 Å². The minimum Gasteiger partial charge on any atom is -0.323 e. The van der Waals surface area contributed by atoms with E-state index in [1.54, 1.807) is 6.33 Å². The van der Waals surface area contributed by atoms with Crippen LogP contribution < -0.4 is 0 Å². The molecule has 0 aliphatic heterocycles. The molecular formula is C15H19N5. The first-order valence-corrected chi connectivity index (χ1v) is 6.86. The summed E-state index contributed by atoms with van der Waals surface area (Å²) in [5.41, 5.74) is 4.73. The molecule has 0 spiro atoms. The maximum absolute atomic E-state index is 4.48. The molecule has 0 aliphatic rings. The standard InChI is InChI=1S/C15H19N5/c1-10(2)20-15(16-8-18-20)7-19-9-17-13-5-11(3)12(4)6-14(13)19/h5-6,8-10H,7H2,1-4H3. The van der Waals surface area contributed by atoms with Crippen molar-refractivity contribution in [2.24, 2.45) is 0 Å². The van der Waals surface area contributed by atoms with Gasteiger partial charge >= 0.3 is 0 Å². The van der Waals surface area contributed by atoms with Gasteiger partial charge in [0.25, 0.3) is 0 Å². The first-order chi connectivity index (χ1) is 9.56. The fourth-order valence-electron chi connectivity index (χ4n) is 2.41. The third kappa shape index (κ3) is 2.09. The summed E-state index contributed by atoms with van der Waals surface area (Å²) in [7, 11) is 0. The molecule has 0 bridgehead atoms. The van der Waals surface area contributed by atoms with Crippen LogP contribution in [0.25, 0.3) is 11.0 Å². The molecule has 20 heavy (non-hydrogen) atoms. The van der Waals surface area contributed by atoms with Gasteiger partial charge in [-0.3, -0.25) is 0 Å². The Balaban J connectivity index is 2.03. The van der Waals surface area contributed by atoms with Gasteiger partial charge in [0.05, 0.1) is 23.9 Å². The zero-order chi connectivity index (χ0) is 14.3. The van der Waals surface area contributed by atoms with E-state index in [1.165, 1.54) is 11.1 Å². The molecule has 0 saturated carbocycles. The molecule has 104 valence electrons. The van der Waals surface area contributed by atoms with Gasteiger partial charge in [-0.25, -0.2) is 14.6 Å². The number of benzene rings is 1. The zero-order valence-corrected chi connectivity index (χ0v) is 12.3. The van der Waals surface area contributed by atoms with E-state index in [-0.39, 0.29) is 0 Å². The second-order valence-electron chi connectivity index (χ2n) is 5.51. The lowest BCUT2D eigenvalue weighted by atomic mass is 10.1. The van der Waals surface area contributed by atoms with Gasteiger partial charge in [0.15, 0.2) is 0 Å². The van der Waals surface area contributed by atoms with E-state index in [0.29, 0.717) is 12.6 Å². The van der Waals surface area contributed by atoms with Gasteiger partial charge in [-0.1, -0.05) is 0 Å². The van der Waals surface area contributed by atoms with Gasteiger partial charge in [0, 0.05) is 6.04 Å². The van der Waals surface area contributed by atoms with E-state index >= 15 is 0 Å². The summed E-state index contributed by atoms with van der Waals surface area (Å²) in [6, 6.07) is 4.63. The number of fused-ring (bicyclic) bond motifs is 1. The molecule has 0 radical (unpaired) electrons. The molecule has 0 amide bonds. The van der Waals surface area contributed by atoms with Crippen LogP contribution in [0, 0.1) is 13.8 Å². The van der Waals surface area contributed by atoms with Crippen molar-refractivity contribution in [3.8, 4) is 0 Å². The van der Waals surface area contributed by atoms with E-state index in [0.717, 1.165) is 16.9 Å². The Morgan fingerprint density at radius 3 is 2.60 bits per heavy atom. The van der Waals surface area contributed by atoms with Crippen molar-refractivity contribution < 1.29 is 0 Å². The third-order valence-corrected chi connectivity index (χ3v) is 3.68. The number of aryl methyl sites for hydroxylation is 2. The highest BCUT2D eigenvalue weighted by atomic mass is 15.4. The van der Waals surface area contributed by atoms with Crippen LogP contribution in [0.3, 0.4) is 0 Å². The number of hydrogen-bond acceptors (Lipinski definition) is 3. The lowest BCUT2D eigenvalue weighted by Gasteiger charge is -2.10. The lowest BCUT2D eigenvalue weighted by molar-refractivity contribution is 0.497. The van der Waals surface area contributed by atoms with E-state index < -0.39 is 0 Å². The van der Waals surface area contributed by atoms with E-state index in [2.05, 4.69) is 59.5 Å². The predicted octanol–water partition coefficient (Wildman–Crippen LogP) is 2.87. The largest absolute Gasteiger partial charge is 0.323 e. The van der Waals surface area contributed by atoms with Crippen LogP contribution in [0.1, 0.15) is 36.8 Å². The maximum Gasteiger partial charge on any atom is 0.147 e. The molecule has 0 unspecified atom stereocenters. The number of rotatable bonds is 3. The Morgan fingerprint density at radius 1 is 1.10 bits per heavy atom. The summed E-state index contributed by atoms with van der Waals surface area (Å²) in [6.07, 6.45) is 3.49. The molecule has 3 rings (SSSR count). The first-order valence-electron chi connectivity index (χ1n) is 6.86. The van der Waals surface area contributed by atoms with E-state index in [1.807, 2.05) is 11.0 Å². The third-order valence-electron chi connectivity index (χ3n) is 3.68. The molecule has 3 aromatic rings. The molecule has 1 aromatic carbocycles. The van der Waals surface area contributed by atoms with Crippen LogP contribution in [0.15, 0.2) is 24.8 Å². The van der Waals surface area contributed by atoms with Crippen molar-refractivity contribution in [3.05, 3.63) is 41.7 Å². The van der Waals surface area contributed by atoms with E-state index in [4.69, 9.17) is 0 Å². The van der Waals surface area contributed by atoms with Gasteiger partial charge in [0.1, 0.15) is 12.2 Å². The number of hydrogen-bond donors (Lipinski definition) is 0. The molecule has 5 heteroatoms. The second-order valence-corrected chi connectivity index (χ2v) is 5.51. The molecule has 2 heterocycles. The van der Waals surface area contributed by atoms with Gasteiger partial charge in [-0.2, -0.15) is 5.10 Å². The lowest BCUT2D eigenvalue weighted by Crippen LogP contribution is -2.11. The fourth-order valence-corrected chi connectivity index (χ4v) is 2.41. The van der Waals surface area contributed by atoms with Crippen LogP contribution in [-0.2, 0) is 6.54 Å². The quantitative estimate of drug-likeness (QED) is 0.734. The molecule has 0 fully saturated rings.